The summed E-state index contributed by atoms with van der Waals surface area (Å²) in [6.45, 7) is 2.50. The lowest BCUT2D eigenvalue weighted by atomic mass is 9.95. The van der Waals surface area contributed by atoms with Gasteiger partial charge in [0.1, 0.15) is 0 Å². The van der Waals surface area contributed by atoms with Gasteiger partial charge in [0.15, 0.2) is 0 Å². The Balaban J connectivity index is 1.88. The van der Waals surface area contributed by atoms with Gasteiger partial charge in [0, 0.05) is 11.9 Å². The number of rotatable bonds is 6. The van der Waals surface area contributed by atoms with Gasteiger partial charge in [-0.3, -0.25) is 9.48 Å². The van der Waals surface area contributed by atoms with Crippen molar-refractivity contribution >= 4 is 16.8 Å². The predicted molar refractivity (Wildman–Crippen MR) is 75.4 cm³/mol. The summed E-state index contributed by atoms with van der Waals surface area (Å²) in [5, 5.41) is 5.50. The molecule has 0 fully saturated rings. The normalized spacial score (nSPS) is 14.4. The highest BCUT2D eigenvalue weighted by Gasteiger charge is 2.24. The molecule has 102 valence electrons. The molecule has 0 radical (unpaired) electrons. The van der Waals surface area contributed by atoms with Gasteiger partial charge in [-0.25, -0.2) is 0 Å². The summed E-state index contributed by atoms with van der Waals surface area (Å²) in [5.74, 6) is -0.447. The lowest BCUT2D eigenvalue weighted by Gasteiger charge is -2.19. The van der Waals surface area contributed by atoms with Gasteiger partial charge in [-0.2, -0.15) is 5.10 Å². The topological polar surface area (TPSA) is 86.9 Å². The van der Waals surface area contributed by atoms with Crippen LogP contribution in [-0.2, 0) is 11.3 Å². The molecule has 1 amide bonds. The number of para-hydroxylation sites is 1. The molecular formula is C14H20N4O. The van der Waals surface area contributed by atoms with Crippen molar-refractivity contribution in [3.8, 4) is 0 Å². The molecular weight excluding hydrogens is 240 g/mol. The number of amides is 1. The van der Waals surface area contributed by atoms with Crippen molar-refractivity contribution in [3.63, 3.8) is 0 Å². The summed E-state index contributed by atoms with van der Waals surface area (Å²) in [7, 11) is 0. The van der Waals surface area contributed by atoms with Crippen LogP contribution in [0.3, 0.4) is 0 Å². The molecule has 0 aliphatic rings. The molecule has 4 N–H and O–H groups in total. The maximum absolute atomic E-state index is 11.1. The minimum absolute atomic E-state index is 0.447. The maximum atomic E-state index is 11.1. The molecule has 1 heterocycles. The summed E-state index contributed by atoms with van der Waals surface area (Å²) in [4.78, 5) is 11.1. The zero-order chi connectivity index (χ0) is 13.9. The number of hydrogen-bond donors (Lipinski definition) is 2. The minimum Gasteiger partial charge on any atom is -0.368 e. The Kier molecular flexibility index (Phi) is 3.85. The smallest absolute Gasteiger partial charge is 0.237 e. The molecule has 0 aliphatic heterocycles. The number of carbonyl (C=O) groups excluding carboxylic acids is 1. The van der Waals surface area contributed by atoms with Crippen molar-refractivity contribution < 1.29 is 4.79 Å². The second-order valence-corrected chi connectivity index (χ2v) is 5.17. The van der Waals surface area contributed by atoms with E-state index in [1.54, 1.807) is 6.92 Å². The Labute approximate surface area is 112 Å². The van der Waals surface area contributed by atoms with Gasteiger partial charge in [-0.15, -0.1) is 0 Å². The number of hydrogen-bond acceptors (Lipinski definition) is 3. The molecule has 1 aromatic heterocycles. The number of primary amides is 1. The van der Waals surface area contributed by atoms with E-state index in [1.807, 2.05) is 29.1 Å². The third kappa shape index (κ3) is 3.12. The number of benzene rings is 1. The van der Waals surface area contributed by atoms with E-state index in [-0.39, 0.29) is 0 Å². The van der Waals surface area contributed by atoms with Crippen LogP contribution in [-0.4, -0.2) is 21.2 Å². The molecule has 0 saturated heterocycles. The molecule has 0 spiro atoms. The van der Waals surface area contributed by atoms with E-state index in [1.165, 1.54) is 0 Å². The lowest BCUT2D eigenvalue weighted by molar-refractivity contribution is -0.122. The molecule has 0 aliphatic carbocycles. The first-order valence-corrected chi connectivity index (χ1v) is 6.50. The van der Waals surface area contributed by atoms with Crippen LogP contribution in [0.4, 0.5) is 0 Å². The van der Waals surface area contributed by atoms with Crippen molar-refractivity contribution in [3.05, 3.63) is 30.5 Å². The number of aromatic nitrogens is 2. The van der Waals surface area contributed by atoms with E-state index < -0.39 is 11.4 Å². The Morgan fingerprint density at radius 1 is 1.37 bits per heavy atom. The van der Waals surface area contributed by atoms with Gasteiger partial charge < -0.3 is 11.5 Å². The maximum Gasteiger partial charge on any atom is 0.237 e. The fourth-order valence-corrected chi connectivity index (χ4v) is 2.08. The van der Waals surface area contributed by atoms with E-state index in [4.69, 9.17) is 11.5 Å². The lowest BCUT2D eigenvalue weighted by Crippen LogP contribution is -2.49. The van der Waals surface area contributed by atoms with Crippen molar-refractivity contribution in [2.45, 2.75) is 38.3 Å². The van der Waals surface area contributed by atoms with Crippen LogP contribution in [0.15, 0.2) is 30.5 Å². The van der Waals surface area contributed by atoms with Crippen molar-refractivity contribution in [1.82, 2.24) is 9.78 Å². The van der Waals surface area contributed by atoms with Crippen LogP contribution < -0.4 is 11.5 Å². The number of nitrogens with zero attached hydrogens (tertiary/aromatic N) is 2. The van der Waals surface area contributed by atoms with E-state index in [0.29, 0.717) is 6.42 Å². The van der Waals surface area contributed by atoms with Gasteiger partial charge in [-0.1, -0.05) is 18.2 Å². The molecule has 1 atom stereocenters. The van der Waals surface area contributed by atoms with Crippen molar-refractivity contribution in [2.75, 3.05) is 0 Å². The van der Waals surface area contributed by atoms with Crippen LogP contribution in [0, 0.1) is 0 Å². The summed E-state index contributed by atoms with van der Waals surface area (Å²) >= 11 is 0. The molecule has 0 saturated carbocycles. The van der Waals surface area contributed by atoms with Crippen molar-refractivity contribution in [2.24, 2.45) is 11.5 Å². The van der Waals surface area contributed by atoms with Crippen LogP contribution in [0.5, 0.6) is 0 Å². The summed E-state index contributed by atoms with van der Waals surface area (Å²) in [6, 6.07) is 8.10. The van der Waals surface area contributed by atoms with Crippen LogP contribution in [0.2, 0.25) is 0 Å². The molecule has 1 unspecified atom stereocenters. The molecule has 5 heteroatoms. The van der Waals surface area contributed by atoms with E-state index >= 15 is 0 Å². The van der Waals surface area contributed by atoms with Gasteiger partial charge in [0.25, 0.3) is 0 Å². The van der Waals surface area contributed by atoms with Crippen LogP contribution in [0.25, 0.3) is 10.9 Å². The van der Waals surface area contributed by atoms with E-state index in [0.717, 1.165) is 30.3 Å². The molecule has 2 aromatic rings. The van der Waals surface area contributed by atoms with Gasteiger partial charge >= 0.3 is 0 Å². The largest absolute Gasteiger partial charge is 0.368 e. The quantitative estimate of drug-likeness (QED) is 0.770. The average molecular weight is 260 g/mol. The number of fused-ring (bicyclic) bond motifs is 1. The summed E-state index contributed by atoms with van der Waals surface area (Å²) in [5.41, 5.74) is 11.3. The zero-order valence-electron chi connectivity index (χ0n) is 11.2. The number of unbranched alkanes of at least 4 members (excludes halogenated alkanes) is 1. The van der Waals surface area contributed by atoms with Crippen molar-refractivity contribution in [1.29, 1.82) is 0 Å². The monoisotopic (exact) mass is 260 g/mol. The summed E-state index contributed by atoms with van der Waals surface area (Å²) in [6.07, 6.45) is 4.24. The predicted octanol–water partition coefficient (Wildman–Crippen LogP) is 1.41. The summed E-state index contributed by atoms with van der Waals surface area (Å²) < 4.78 is 1.98. The highest BCUT2D eigenvalue weighted by atomic mass is 16.1. The molecule has 1 aromatic carbocycles. The standard InChI is InChI=1S/C14H20N4O/c1-14(16,13(15)19)8-4-5-9-18-12-7-3-2-6-11(12)10-17-18/h2-3,6-7,10H,4-5,8-9,16H2,1H3,(H2,15,19). The van der Waals surface area contributed by atoms with Gasteiger partial charge in [0.05, 0.1) is 17.3 Å². The number of nitrogens with two attached hydrogens (primary N) is 2. The fourth-order valence-electron chi connectivity index (χ4n) is 2.08. The minimum atomic E-state index is -0.911. The molecule has 0 bridgehead atoms. The highest BCUT2D eigenvalue weighted by molar-refractivity contribution is 5.83. The second-order valence-electron chi connectivity index (χ2n) is 5.17. The van der Waals surface area contributed by atoms with E-state index in [9.17, 15) is 4.79 Å². The Hall–Kier alpha value is -1.88. The second kappa shape index (κ2) is 5.40. The third-order valence-corrected chi connectivity index (χ3v) is 3.43. The fraction of sp³-hybridized carbons (Fsp3) is 0.429. The first-order chi connectivity index (χ1) is 9.00. The first kappa shape index (κ1) is 13.5. The molecule has 19 heavy (non-hydrogen) atoms. The van der Waals surface area contributed by atoms with Crippen LogP contribution >= 0.6 is 0 Å². The molecule has 5 nitrogen and oxygen atoms in total. The Morgan fingerprint density at radius 3 is 2.84 bits per heavy atom. The Morgan fingerprint density at radius 2 is 2.11 bits per heavy atom. The van der Waals surface area contributed by atoms with Gasteiger partial charge in [-0.05, 0) is 32.3 Å². The average Bonchev–Trinajstić information content (AvgIpc) is 2.78. The SMILES string of the molecule is CC(N)(CCCCn1ncc2ccccc21)C(N)=O. The molecule has 2 rings (SSSR count). The number of carbonyl (C=O) groups is 1. The van der Waals surface area contributed by atoms with Gasteiger partial charge in [0.2, 0.25) is 5.91 Å². The third-order valence-electron chi connectivity index (χ3n) is 3.43. The Bertz CT molecular complexity index is 574. The van der Waals surface area contributed by atoms with Crippen LogP contribution in [0.1, 0.15) is 26.2 Å². The first-order valence-electron chi connectivity index (χ1n) is 6.50. The zero-order valence-corrected chi connectivity index (χ0v) is 11.2. The number of aryl methyl sites for hydroxylation is 1. The van der Waals surface area contributed by atoms with E-state index in [2.05, 4.69) is 11.2 Å². The highest BCUT2D eigenvalue weighted by Crippen LogP contribution is 2.15.